The van der Waals surface area contributed by atoms with E-state index in [4.69, 9.17) is 4.74 Å². The zero-order valence-electron chi connectivity index (χ0n) is 17.4. The van der Waals surface area contributed by atoms with E-state index in [2.05, 4.69) is 15.6 Å². The predicted molar refractivity (Wildman–Crippen MR) is 111 cm³/mol. The Morgan fingerprint density at radius 3 is 2.73 bits per heavy atom. The molecule has 1 aromatic heterocycles. The second-order valence-electron chi connectivity index (χ2n) is 8.88. The molecule has 2 unspecified atom stereocenters. The molecule has 0 radical (unpaired) electrons. The third-order valence-corrected chi connectivity index (χ3v) is 7.16. The van der Waals surface area contributed by atoms with Gasteiger partial charge in [-0.05, 0) is 53.8 Å². The van der Waals surface area contributed by atoms with Crippen molar-refractivity contribution in [3.63, 3.8) is 0 Å². The number of aromatic nitrogens is 1. The Kier molecular flexibility index (Phi) is 4.02. The first kappa shape index (κ1) is 20.2. The van der Waals surface area contributed by atoms with Gasteiger partial charge in [-0.3, -0.25) is 15.1 Å². The first-order chi connectivity index (χ1) is 15.7. The molecule has 6 rings (SSSR count). The molecule has 2 fully saturated rings. The molecule has 4 aliphatic rings. The number of benzene rings is 1. The molecule has 170 valence electrons. The molecule has 0 bridgehead atoms. The first-order valence-electron chi connectivity index (χ1n) is 10.6. The Bertz CT molecular complexity index is 1230. The van der Waals surface area contributed by atoms with Gasteiger partial charge in [0.05, 0.1) is 12.6 Å². The van der Waals surface area contributed by atoms with Gasteiger partial charge in [0.2, 0.25) is 5.91 Å². The fourth-order valence-corrected chi connectivity index (χ4v) is 5.80. The minimum Gasteiger partial charge on any atom is -0.361 e. The van der Waals surface area contributed by atoms with Crippen molar-refractivity contribution in [2.45, 2.75) is 37.8 Å². The lowest BCUT2D eigenvalue weighted by Gasteiger charge is -2.54. The van der Waals surface area contributed by atoms with Crippen LogP contribution in [0.1, 0.15) is 12.5 Å². The largest absolute Gasteiger partial charge is 0.416 e. The number of hydrogen-bond donors (Lipinski definition) is 2. The lowest BCUT2D eigenvalue weighted by Crippen LogP contribution is -2.70. The molecule has 2 aromatic rings. The molecule has 10 heteroatoms. The van der Waals surface area contributed by atoms with E-state index >= 15 is 0 Å². The number of hydrogen-bond acceptors (Lipinski definition) is 5. The molecule has 0 saturated carbocycles. The van der Waals surface area contributed by atoms with Crippen LogP contribution >= 0.6 is 0 Å². The van der Waals surface area contributed by atoms with Crippen LogP contribution in [0.3, 0.4) is 0 Å². The standard InChI is InChI=1S/C23H19F3N4O3/c1-11-17-19-22(18(11)28-21(32)29-20(22)31)8-14-7-12(13-3-2-6-27-9-13)4-5-15(14)30(19)10-16(33-17)23(24,25)26/h2-7,9,16-17,19H,8,10H2,1H3,(H2,28,29,31,32)/t16-,17?,19?,22-/m0/s1. The first-order valence-corrected chi connectivity index (χ1v) is 10.6. The third-order valence-electron chi connectivity index (χ3n) is 7.16. The van der Waals surface area contributed by atoms with Gasteiger partial charge in [0.15, 0.2) is 6.10 Å². The van der Waals surface area contributed by atoms with E-state index in [-0.39, 0.29) is 6.42 Å². The van der Waals surface area contributed by atoms with Crippen molar-refractivity contribution in [2.75, 3.05) is 11.4 Å². The number of pyridine rings is 1. The van der Waals surface area contributed by atoms with Crippen molar-refractivity contribution in [3.05, 3.63) is 59.6 Å². The van der Waals surface area contributed by atoms with Crippen molar-refractivity contribution in [2.24, 2.45) is 5.41 Å². The molecule has 3 aliphatic heterocycles. The number of ether oxygens (including phenoxy) is 1. The monoisotopic (exact) mass is 456 g/mol. The van der Waals surface area contributed by atoms with E-state index in [1.807, 2.05) is 18.2 Å². The SMILES string of the molecule is CC1=C2NC(=O)NC(=O)[C@@]23Cc2cc(-c4cccnc4)ccc2N2C[C@@H](C(F)(F)F)OC1C23. The highest BCUT2D eigenvalue weighted by Gasteiger charge is 2.67. The summed E-state index contributed by atoms with van der Waals surface area (Å²) in [7, 11) is 0. The third kappa shape index (κ3) is 2.70. The molecular weight excluding hydrogens is 437 g/mol. The van der Waals surface area contributed by atoms with Gasteiger partial charge in [-0.15, -0.1) is 0 Å². The smallest absolute Gasteiger partial charge is 0.361 e. The Labute approximate surface area is 186 Å². The minimum absolute atomic E-state index is 0.229. The van der Waals surface area contributed by atoms with Crippen LogP contribution in [-0.2, 0) is 16.0 Å². The number of amides is 3. The summed E-state index contributed by atoms with van der Waals surface area (Å²) >= 11 is 0. The van der Waals surface area contributed by atoms with Gasteiger partial charge in [-0.1, -0.05) is 12.1 Å². The molecule has 3 amide bonds. The fraction of sp³-hybridized carbons (Fsp3) is 0.348. The Balaban J connectivity index is 1.55. The summed E-state index contributed by atoms with van der Waals surface area (Å²) in [6.07, 6.45) is -3.98. The number of rotatable bonds is 1. The van der Waals surface area contributed by atoms with Crippen LogP contribution in [0.15, 0.2) is 54.0 Å². The van der Waals surface area contributed by atoms with Gasteiger partial charge in [-0.2, -0.15) is 13.2 Å². The van der Waals surface area contributed by atoms with Gasteiger partial charge in [-0.25, -0.2) is 4.79 Å². The van der Waals surface area contributed by atoms with Gasteiger partial charge < -0.3 is 15.0 Å². The number of fused-ring (bicyclic) bond motifs is 2. The molecule has 1 spiro atoms. The molecule has 2 saturated heterocycles. The van der Waals surface area contributed by atoms with E-state index in [0.29, 0.717) is 17.0 Å². The topological polar surface area (TPSA) is 83.6 Å². The van der Waals surface area contributed by atoms with Crippen LogP contribution in [0.5, 0.6) is 0 Å². The summed E-state index contributed by atoms with van der Waals surface area (Å²) in [6, 6.07) is 7.85. The van der Waals surface area contributed by atoms with Crippen molar-refractivity contribution >= 4 is 17.6 Å². The van der Waals surface area contributed by atoms with E-state index in [9.17, 15) is 22.8 Å². The summed E-state index contributed by atoms with van der Waals surface area (Å²) in [5.41, 5.74) is 2.60. The molecule has 2 N–H and O–H groups in total. The highest BCUT2D eigenvalue weighted by molar-refractivity contribution is 6.05. The van der Waals surface area contributed by atoms with Crippen LogP contribution in [0, 0.1) is 5.41 Å². The molecule has 1 aromatic carbocycles. The fourth-order valence-electron chi connectivity index (χ4n) is 5.80. The minimum atomic E-state index is -4.57. The van der Waals surface area contributed by atoms with Crippen molar-refractivity contribution in [3.8, 4) is 11.1 Å². The maximum atomic E-state index is 13.8. The van der Waals surface area contributed by atoms with Crippen molar-refractivity contribution in [1.82, 2.24) is 15.6 Å². The second kappa shape index (κ2) is 6.57. The maximum absolute atomic E-state index is 13.8. The Morgan fingerprint density at radius 1 is 1.18 bits per heavy atom. The quantitative estimate of drug-likeness (QED) is 0.690. The second-order valence-corrected chi connectivity index (χ2v) is 8.88. The van der Waals surface area contributed by atoms with Crippen molar-refractivity contribution in [1.29, 1.82) is 0 Å². The predicted octanol–water partition coefficient (Wildman–Crippen LogP) is 2.92. The zero-order valence-corrected chi connectivity index (χ0v) is 17.4. The number of nitrogens with zero attached hydrogens (tertiary/aromatic N) is 2. The molecule has 4 atom stereocenters. The highest BCUT2D eigenvalue weighted by atomic mass is 19.4. The molecular formula is C23H19F3N4O3. The number of halogens is 3. The van der Waals surface area contributed by atoms with Crippen LogP contribution in [0.4, 0.5) is 23.7 Å². The average Bonchev–Trinajstić information content (AvgIpc) is 3.03. The normalized spacial score (nSPS) is 30.3. The summed E-state index contributed by atoms with van der Waals surface area (Å²) in [4.78, 5) is 31.2. The lowest BCUT2D eigenvalue weighted by atomic mass is 9.69. The number of carbonyl (C=O) groups is 2. The molecule has 1 aliphatic carbocycles. The van der Waals surface area contributed by atoms with Crippen LogP contribution in [0.2, 0.25) is 0 Å². The lowest BCUT2D eigenvalue weighted by molar-refractivity contribution is -0.237. The maximum Gasteiger partial charge on any atom is 0.416 e. The number of nitrogens with one attached hydrogen (secondary N) is 2. The number of urea groups is 1. The number of imide groups is 1. The molecule has 4 heterocycles. The number of anilines is 1. The van der Waals surface area contributed by atoms with Gasteiger partial charge in [0, 0.05) is 23.8 Å². The van der Waals surface area contributed by atoms with Crippen LogP contribution in [-0.4, -0.2) is 47.9 Å². The van der Waals surface area contributed by atoms with Gasteiger partial charge in [0.25, 0.3) is 0 Å². The summed E-state index contributed by atoms with van der Waals surface area (Å²) in [5, 5.41) is 5.03. The summed E-state index contributed by atoms with van der Waals surface area (Å²) in [5.74, 6) is -0.524. The van der Waals surface area contributed by atoms with Gasteiger partial charge in [0.1, 0.15) is 11.5 Å². The highest BCUT2D eigenvalue weighted by Crippen LogP contribution is 2.56. The van der Waals surface area contributed by atoms with Crippen LogP contribution < -0.4 is 15.5 Å². The zero-order chi connectivity index (χ0) is 23.1. The Morgan fingerprint density at radius 2 is 2.00 bits per heavy atom. The average molecular weight is 456 g/mol. The summed E-state index contributed by atoms with van der Waals surface area (Å²) < 4.78 is 46.9. The number of morpholine rings is 1. The van der Waals surface area contributed by atoms with Gasteiger partial charge >= 0.3 is 12.2 Å². The summed E-state index contributed by atoms with van der Waals surface area (Å²) in [6.45, 7) is 1.19. The van der Waals surface area contributed by atoms with E-state index in [1.165, 1.54) is 0 Å². The Hall–Kier alpha value is -3.40. The van der Waals surface area contributed by atoms with E-state index < -0.39 is 48.3 Å². The van der Waals surface area contributed by atoms with E-state index in [1.54, 1.807) is 36.4 Å². The van der Waals surface area contributed by atoms with Crippen LogP contribution in [0.25, 0.3) is 11.1 Å². The molecule has 33 heavy (non-hydrogen) atoms. The molecule has 7 nitrogen and oxygen atoms in total. The number of alkyl halides is 3. The van der Waals surface area contributed by atoms with E-state index in [0.717, 1.165) is 16.7 Å². The van der Waals surface area contributed by atoms with Crippen molar-refractivity contribution < 1.29 is 27.5 Å². The number of carbonyl (C=O) groups excluding carboxylic acids is 2.